The molecule has 4 N–H and O–H groups in total. The van der Waals surface area contributed by atoms with Crippen LogP contribution in [0.3, 0.4) is 0 Å². The molecule has 0 unspecified atom stereocenters. The molecule has 0 saturated carbocycles. The fourth-order valence-electron chi connectivity index (χ4n) is 0.959. The lowest BCUT2D eigenvalue weighted by molar-refractivity contribution is -0.144. The number of nitrogens with two attached hydrogens (primary N) is 1. The SMILES string of the molecule is Nc1cc(NCC(F)(F)CO)nc(C(F)(F)F)n1. The second-order valence-electron chi connectivity index (χ2n) is 3.37. The molecule has 0 radical (unpaired) electrons. The normalized spacial score (nSPS) is 12.6. The van der Waals surface area contributed by atoms with E-state index < -0.39 is 42.7 Å². The molecule has 0 aromatic carbocycles. The van der Waals surface area contributed by atoms with Crippen LogP contribution in [0.25, 0.3) is 0 Å². The third-order valence-electron chi connectivity index (χ3n) is 1.76. The zero-order valence-electron chi connectivity index (χ0n) is 8.80. The first-order valence-corrected chi connectivity index (χ1v) is 4.58. The predicted octanol–water partition coefficient (Wildman–Crippen LogP) is 1.12. The van der Waals surface area contributed by atoms with Crippen molar-refractivity contribution in [3.8, 4) is 0 Å². The molecular weight excluding hydrogens is 263 g/mol. The molecule has 0 atom stereocenters. The van der Waals surface area contributed by atoms with Gasteiger partial charge in [0.25, 0.3) is 5.92 Å². The molecule has 18 heavy (non-hydrogen) atoms. The zero-order valence-corrected chi connectivity index (χ0v) is 8.80. The Bertz CT molecular complexity index is 422. The summed E-state index contributed by atoms with van der Waals surface area (Å²) in [4.78, 5) is 5.93. The van der Waals surface area contributed by atoms with Crippen LogP contribution in [0.4, 0.5) is 33.6 Å². The van der Waals surface area contributed by atoms with Crippen LogP contribution < -0.4 is 11.1 Å². The lowest BCUT2D eigenvalue weighted by Gasteiger charge is -2.15. The van der Waals surface area contributed by atoms with Crippen LogP contribution in [0.1, 0.15) is 5.82 Å². The lowest BCUT2D eigenvalue weighted by Crippen LogP contribution is -2.31. The van der Waals surface area contributed by atoms with Crippen LogP contribution in [-0.2, 0) is 6.18 Å². The molecule has 5 nitrogen and oxygen atoms in total. The average Bonchev–Trinajstić information content (AvgIpc) is 2.25. The number of nitrogens with one attached hydrogen (secondary N) is 1. The van der Waals surface area contributed by atoms with Gasteiger partial charge in [0, 0.05) is 6.07 Å². The molecule has 102 valence electrons. The summed E-state index contributed by atoms with van der Waals surface area (Å²) in [6, 6.07) is 0.878. The number of rotatable bonds is 4. The number of nitrogen functional groups attached to an aromatic ring is 1. The van der Waals surface area contributed by atoms with Crippen LogP contribution >= 0.6 is 0 Å². The lowest BCUT2D eigenvalue weighted by atomic mass is 10.3. The minimum Gasteiger partial charge on any atom is -0.390 e. The summed E-state index contributed by atoms with van der Waals surface area (Å²) in [6.07, 6.45) is -4.83. The fraction of sp³-hybridized carbons (Fsp3) is 0.500. The van der Waals surface area contributed by atoms with Crippen LogP contribution in [-0.4, -0.2) is 34.1 Å². The Morgan fingerprint density at radius 2 is 1.83 bits per heavy atom. The van der Waals surface area contributed by atoms with Gasteiger partial charge in [-0.25, -0.2) is 18.7 Å². The molecule has 1 aromatic heterocycles. The molecule has 0 aliphatic carbocycles. The van der Waals surface area contributed by atoms with Gasteiger partial charge >= 0.3 is 6.18 Å². The Morgan fingerprint density at radius 3 is 2.33 bits per heavy atom. The van der Waals surface area contributed by atoms with Gasteiger partial charge in [0.1, 0.15) is 18.2 Å². The molecule has 0 saturated heterocycles. The van der Waals surface area contributed by atoms with Crippen molar-refractivity contribution in [2.75, 3.05) is 24.2 Å². The number of alkyl halides is 5. The van der Waals surface area contributed by atoms with E-state index in [0.717, 1.165) is 6.07 Å². The third-order valence-corrected chi connectivity index (χ3v) is 1.76. The van der Waals surface area contributed by atoms with E-state index in [2.05, 4.69) is 9.97 Å². The maximum Gasteiger partial charge on any atom is 0.451 e. The molecule has 0 spiro atoms. The molecular formula is C8H9F5N4O. The predicted molar refractivity (Wildman–Crippen MR) is 52.0 cm³/mol. The highest BCUT2D eigenvalue weighted by atomic mass is 19.4. The Kier molecular flexibility index (Phi) is 3.89. The van der Waals surface area contributed by atoms with Gasteiger partial charge in [-0.2, -0.15) is 13.2 Å². The summed E-state index contributed by atoms with van der Waals surface area (Å²) in [5, 5.41) is 10.2. The van der Waals surface area contributed by atoms with E-state index in [0.29, 0.717) is 0 Å². The second-order valence-corrected chi connectivity index (χ2v) is 3.37. The number of aromatic nitrogens is 2. The third kappa shape index (κ3) is 3.95. The molecule has 10 heteroatoms. The van der Waals surface area contributed by atoms with E-state index in [9.17, 15) is 22.0 Å². The molecule has 1 heterocycles. The maximum absolute atomic E-state index is 12.7. The number of halogens is 5. The molecule has 0 fully saturated rings. The van der Waals surface area contributed by atoms with Crippen LogP contribution in [0.2, 0.25) is 0 Å². The van der Waals surface area contributed by atoms with Crippen molar-refractivity contribution in [3.05, 3.63) is 11.9 Å². The molecule has 0 amide bonds. The Hall–Kier alpha value is -1.71. The topological polar surface area (TPSA) is 84.1 Å². The number of aliphatic hydroxyl groups excluding tert-OH is 1. The average molecular weight is 272 g/mol. The van der Waals surface area contributed by atoms with Gasteiger partial charge in [-0.05, 0) is 0 Å². The molecule has 0 aliphatic heterocycles. The van der Waals surface area contributed by atoms with Gasteiger partial charge in [0.15, 0.2) is 0 Å². The maximum atomic E-state index is 12.7. The highest BCUT2D eigenvalue weighted by molar-refractivity contribution is 5.45. The fourth-order valence-corrected chi connectivity index (χ4v) is 0.959. The van der Waals surface area contributed by atoms with Gasteiger partial charge in [-0.1, -0.05) is 0 Å². The van der Waals surface area contributed by atoms with E-state index >= 15 is 0 Å². The van der Waals surface area contributed by atoms with Gasteiger partial charge in [0.2, 0.25) is 5.82 Å². The van der Waals surface area contributed by atoms with E-state index in [1.165, 1.54) is 0 Å². The smallest absolute Gasteiger partial charge is 0.390 e. The summed E-state index contributed by atoms with van der Waals surface area (Å²) in [6.45, 7) is -2.51. The van der Waals surface area contributed by atoms with E-state index in [1.54, 1.807) is 0 Å². The molecule has 1 rings (SSSR count). The monoisotopic (exact) mass is 272 g/mol. The van der Waals surface area contributed by atoms with Crippen molar-refractivity contribution in [1.82, 2.24) is 9.97 Å². The Balaban J connectivity index is 2.88. The van der Waals surface area contributed by atoms with E-state index in [-0.39, 0.29) is 0 Å². The first kappa shape index (κ1) is 14.4. The quantitative estimate of drug-likeness (QED) is 0.715. The summed E-state index contributed by atoms with van der Waals surface area (Å²) >= 11 is 0. The van der Waals surface area contributed by atoms with Crippen LogP contribution in [0.15, 0.2) is 6.07 Å². The minimum atomic E-state index is -4.83. The van der Waals surface area contributed by atoms with Gasteiger partial charge in [-0.15, -0.1) is 0 Å². The number of hydrogen-bond acceptors (Lipinski definition) is 5. The van der Waals surface area contributed by atoms with Gasteiger partial charge in [-0.3, -0.25) is 0 Å². The summed E-state index contributed by atoms with van der Waals surface area (Å²) in [5.74, 6) is -6.01. The standard InChI is InChI=1S/C8H9F5N4O/c9-7(10,3-18)2-15-5-1-4(14)16-6(17-5)8(11,12)13/h1,18H,2-3H2,(H3,14,15,16,17). The highest BCUT2D eigenvalue weighted by Crippen LogP contribution is 2.27. The summed E-state index contributed by atoms with van der Waals surface area (Å²) in [7, 11) is 0. The van der Waals surface area contributed by atoms with E-state index in [4.69, 9.17) is 10.8 Å². The molecule has 0 aliphatic rings. The first-order chi connectivity index (χ1) is 8.14. The Morgan fingerprint density at radius 1 is 1.22 bits per heavy atom. The van der Waals surface area contributed by atoms with Gasteiger partial charge in [0.05, 0.1) is 6.54 Å². The number of aliphatic hydroxyl groups is 1. The molecule has 1 aromatic rings. The van der Waals surface area contributed by atoms with Crippen molar-refractivity contribution >= 4 is 11.6 Å². The van der Waals surface area contributed by atoms with Crippen molar-refractivity contribution < 1.29 is 27.1 Å². The van der Waals surface area contributed by atoms with Crippen molar-refractivity contribution in [2.45, 2.75) is 12.1 Å². The number of hydrogen-bond donors (Lipinski definition) is 3. The summed E-state index contributed by atoms with van der Waals surface area (Å²) < 4.78 is 62.2. The first-order valence-electron chi connectivity index (χ1n) is 4.58. The number of nitrogens with zero attached hydrogens (tertiary/aromatic N) is 2. The van der Waals surface area contributed by atoms with Crippen molar-refractivity contribution in [2.24, 2.45) is 0 Å². The zero-order chi connectivity index (χ0) is 14.0. The minimum absolute atomic E-state index is 0.497. The summed E-state index contributed by atoms with van der Waals surface area (Å²) in [5.41, 5.74) is 5.10. The van der Waals surface area contributed by atoms with Crippen LogP contribution in [0, 0.1) is 0 Å². The molecule has 0 bridgehead atoms. The van der Waals surface area contributed by atoms with Crippen LogP contribution in [0.5, 0.6) is 0 Å². The Labute approximate surface area is 97.8 Å². The highest BCUT2D eigenvalue weighted by Gasteiger charge is 2.35. The van der Waals surface area contributed by atoms with E-state index in [1.807, 2.05) is 5.32 Å². The second kappa shape index (κ2) is 4.88. The van der Waals surface area contributed by atoms with Crippen molar-refractivity contribution in [3.63, 3.8) is 0 Å². The van der Waals surface area contributed by atoms with Crippen molar-refractivity contribution in [1.29, 1.82) is 0 Å². The number of anilines is 2. The largest absolute Gasteiger partial charge is 0.451 e. The van der Waals surface area contributed by atoms with Gasteiger partial charge < -0.3 is 16.2 Å².